The van der Waals surface area contributed by atoms with E-state index in [2.05, 4.69) is 34.5 Å². The minimum atomic E-state index is -2.98. The first-order chi connectivity index (χ1) is 12.1. The second-order valence-corrected chi connectivity index (χ2v) is 8.65. The standard InChI is InChI=1S/C19H22N2O3S/c22-25(23)13-9-17(14-25)20-16-7-10-21(11-8-16)18-5-3-15(4-6-18)19-2-1-12-24-19/h1-6,9,12-13,16-17,20H,7-8,10-11,14H2. The van der Waals surface area contributed by atoms with Crippen LogP contribution in [0.5, 0.6) is 0 Å². The Morgan fingerprint density at radius 2 is 1.84 bits per heavy atom. The SMILES string of the molecule is O=S1(=O)C=CC(NC2CCN(c3ccc(-c4ccco4)cc3)CC2)C1. The number of hydrogen-bond acceptors (Lipinski definition) is 5. The van der Waals surface area contributed by atoms with Gasteiger partial charge in [0.25, 0.3) is 0 Å². The summed E-state index contributed by atoms with van der Waals surface area (Å²) in [5.74, 6) is 1.08. The van der Waals surface area contributed by atoms with Gasteiger partial charge >= 0.3 is 0 Å². The second kappa shape index (κ2) is 6.69. The van der Waals surface area contributed by atoms with Crippen molar-refractivity contribution in [1.82, 2.24) is 5.32 Å². The van der Waals surface area contributed by atoms with Crippen molar-refractivity contribution in [3.8, 4) is 11.3 Å². The van der Waals surface area contributed by atoms with Crippen LogP contribution in [-0.4, -0.2) is 39.3 Å². The maximum Gasteiger partial charge on any atom is 0.173 e. The molecule has 0 saturated carbocycles. The molecule has 4 rings (SSSR count). The van der Waals surface area contributed by atoms with Crippen LogP contribution in [0.4, 0.5) is 5.69 Å². The Balaban J connectivity index is 1.32. The lowest BCUT2D eigenvalue weighted by Gasteiger charge is -2.35. The van der Waals surface area contributed by atoms with Crippen LogP contribution in [0.2, 0.25) is 0 Å². The average molecular weight is 358 g/mol. The Morgan fingerprint density at radius 1 is 1.08 bits per heavy atom. The quantitative estimate of drug-likeness (QED) is 0.911. The molecule has 1 saturated heterocycles. The molecule has 25 heavy (non-hydrogen) atoms. The van der Waals surface area contributed by atoms with Gasteiger partial charge in [-0.3, -0.25) is 0 Å². The molecular weight excluding hydrogens is 336 g/mol. The molecule has 1 aromatic heterocycles. The number of benzene rings is 1. The van der Waals surface area contributed by atoms with Crippen LogP contribution in [0.15, 0.2) is 58.6 Å². The van der Waals surface area contributed by atoms with Crippen LogP contribution < -0.4 is 10.2 Å². The monoisotopic (exact) mass is 358 g/mol. The van der Waals surface area contributed by atoms with Crippen LogP contribution in [0.3, 0.4) is 0 Å². The Bertz CT molecular complexity index is 833. The summed E-state index contributed by atoms with van der Waals surface area (Å²) in [5, 5.41) is 4.80. The number of rotatable bonds is 4. The van der Waals surface area contributed by atoms with E-state index in [-0.39, 0.29) is 11.8 Å². The number of nitrogens with one attached hydrogen (secondary N) is 1. The summed E-state index contributed by atoms with van der Waals surface area (Å²) in [7, 11) is -2.98. The van der Waals surface area contributed by atoms with E-state index < -0.39 is 9.84 Å². The number of hydrogen-bond donors (Lipinski definition) is 1. The van der Waals surface area contributed by atoms with Crippen LogP contribution in [-0.2, 0) is 9.84 Å². The number of sulfone groups is 1. The maximum atomic E-state index is 11.5. The predicted molar refractivity (Wildman–Crippen MR) is 99.2 cm³/mol. The lowest BCUT2D eigenvalue weighted by atomic mass is 10.0. The van der Waals surface area contributed by atoms with E-state index in [4.69, 9.17) is 4.42 Å². The van der Waals surface area contributed by atoms with Gasteiger partial charge in [-0.05, 0) is 49.2 Å². The molecule has 132 valence electrons. The zero-order valence-corrected chi connectivity index (χ0v) is 14.8. The molecule has 2 aliphatic heterocycles. The minimum Gasteiger partial charge on any atom is -0.464 e. The van der Waals surface area contributed by atoms with Gasteiger partial charge in [0.1, 0.15) is 5.76 Å². The van der Waals surface area contributed by atoms with Crippen LogP contribution in [0, 0.1) is 0 Å². The van der Waals surface area contributed by atoms with E-state index in [0.717, 1.165) is 37.3 Å². The van der Waals surface area contributed by atoms with Crippen LogP contribution in [0.1, 0.15) is 12.8 Å². The number of piperidine rings is 1. The van der Waals surface area contributed by atoms with Crippen molar-refractivity contribution in [3.63, 3.8) is 0 Å². The van der Waals surface area contributed by atoms with E-state index in [1.54, 1.807) is 12.3 Å². The molecule has 5 nitrogen and oxygen atoms in total. The summed E-state index contributed by atoms with van der Waals surface area (Å²) < 4.78 is 28.4. The molecular formula is C19H22N2O3S. The maximum absolute atomic E-state index is 11.5. The largest absolute Gasteiger partial charge is 0.464 e. The van der Waals surface area contributed by atoms with Crippen LogP contribution >= 0.6 is 0 Å². The Labute approximate surface area is 148 Å². The molecule has 3 heterocycles. The molecule has 6 heteroatoms. The van der Waals surface area contributed by atoms with Gasteiger partial charge in [0.05, 0.1) is 12.0 Å². The first-order valence-electron chi connectivity index (χ1n) is 8.65. The van der Waals surface area contributed by atoms with Gasteiger partial charge in [-0.25, -0.2) is 8.42 Å². The summed E-state index contributed by atoms with van der Waals surface area (Å²) >= 11 is 0. The highest BCUT2D eigenvalue weighted by molar-refractivity contribution is 7.94. The molecule has 0 amide bonds. The van der Waals surface area contributed by atoms with E-state index in [1.165, 1.54) is 11.1 Å². The Kier molecular flexibility index (Phi) is 4.39. The van der Waals surface area contributed by atoms with E-state index >= 15 is 0 Å². The fourth-order valence-corrected chi connectivity index (χ4v) is 4.81. The highest BCUT2D eigenvalue weighted by atomic mass is 32.2. The molecule has 1 fully saturated rings. The minimum absolute atomic E-state index is 0.0332. The number of furan rings is 1. The van der Waals surface area contributed by atoms with Crippen molar-refractivity contribution in [2.24, 2.45) is 0 Å². The molecule has 2 aliphatic rings. The summed E-state index contributed by atoms with van der Waals surface area (Å²) in [6.45, 7) is 1.95. The average Bonchev–Trinajstić information content (AvgIpc) is 3.26. The van der Waals surface area contributed by atoms with Crippen LogP contribution in [0.25, 0.3) is 11.3 Å². The zero-order chi connectivity index (χ0) is 17.3. The summed E-state index contributed by atoms with van der Waals surface area (Å²) in [6, 6.07) is 12.7. The van der Waals surface area contributed by atoms with Crippen molar-refractivity contribution >= 4 is 15.5 Å². The third-order valence-electron chi connectivity index (χ3n) is 4.91. The third kappa shape index (κ3) is 3.80. The fraction of sp³-hybridized carbons (Fsp3) is 0.368. The molecule has 0 radical (unpaired) electrons. The van der Waals surface area contributed by atoms with Gasteiger partial charge < -0.3 is 14.6 Å². The van der Waals surface area contributed by atoms with Crippen molar-refractivity contribution in [2.45, 2.75) is 24.9 Å². The van der Waals surface area contributed by atoms with Crippen molar-refractivity contribution in [2.75, 3.05) is 23.7 Å². The van der Waals surface area contributed by atoms with E-state index in [1.807, 2.05) is 12.1 Å². The molecule has 1 atom stereocenters. The molecule has 0 aliphatic carbocycles. The van der Waals surface area contributed by atoms with Gasteiger partial charge in [0.15, 0.2) is 9.84 Å². The number of nitrogens with zero attached hydrogens (tertiary/aromatic N) is 1. The van der Waals surface area contributed by atoms with Crippen molar-refractivity contribution < 1.29 is 12.8 Å². The summed E-state index contributed by atoms with van der Waals surface area (Å²) in [6.07, 6.45) is 5.50. The topological polar surface area (TPSA) is 62.6 Å². The van der Waals surface area contributed by atoms with Gasteiger partial charge in [-0.2, -0.15) is 0 Å². The Morgan fingerprint density at radius 3 is 2.44 bits per heavy atom. The lowest BCUT2D eigenvalue weighted by Crippen LogP contribution is -2.46. The summed E-state index contributed by atoms with van der Waals surface area (Å²) in [4.78, 5) is 2.38. The highest BCUT2D eigenvalue weighted by Gasteiger charge is 2.26. The highest BCUT2D eigenvalue weighted by Crippen LogP contribution is 2.25. The van der Waals surface area contributed by atoms with E-state index in [0.29, 0.717) is 6.04 Å². The molecule has 1 aromatic carbocycles. The third-order valence-corrected chi connectivity index (χ3v) is 6.31. The molecule has 2 aromatic rings. The first-order valence-corrected chi connectivity index (χ1v) is 10.4. The molecule has 0 bridgehead atoms. The molecule has 1 N–H and O–H groups in total. The predicted octanol–water partition coefficient (Wildman–Crippen LogP) is 2.82. The lowest BCUT2D eigenvalue weighted by molar-refractivity contribution is 0.401. The van der Waals surface area contributed by atoms with Crippen molar-refractivity contribution in [1.29, 1.82) is 0 Å². The van der Waals surface area contributed by atoms with Gasteiger partial charge in [0.2, 0.25) is 0 Å². The van der Waals surface area contributed by atoms with Gasteiger partial charge in [-0.1, -0.05) is 6.08 Å². The molecule has 1 unspecified atom stereocenters. The zero-order valence-electron chi connectivity index (χ0n) is 14.0. The Hall–Kier alpha value is -2.05. The van der Waals surface area contributed by atoms with Gasteiger partial charge in [-0.15, -0.1) is 0 Å². The van der Waals surface area contributed by atoms with Crippen molar-refractivity contribution in [3.05, 3.63) is 54.1 Å². The van der Waals surface area contributed by atoms with Gasteiger partial charge in [0, 0.05) is 41.8 Å². The van der Waals surface area contributed by atoms with E-state index in [9.17, 15) is 8.42 Å². The summed E-state index contributed by atoms with van der Waals surface area (Å²) in [5.41, 5.74) is 2.30. The second-order valence-electron chi connectivity index (χ2n) is 6.72. The number of anilines is 1. The normalized spacial score (nSPS) is 23.2. The molecule has 0 spiro atoms. The fourth-order valence-electron chi connectivity index (χ4n) is 3.57. The first kappa shape index (κ1) is 16.4. The smallest absolute Gasteiger partial charge is 0.173 e.